The molecule has 108 valence electrons. The quantitative estimate of drug-likeness (QED) is 0.902. The van der Waals surface area contributed by atoms with E-state index >= 15 is 0 Å². The number of aliphatic carboxylic acids is 1. The fraction of sp³-hybridized carbons (Fsp3) is 0.235. The summed E-state index contributed by atoms with van der Waals surface area (Å²) in [6, 6.07) is 13.2. The lowest BCUT2D eigenvalue weighted by Gasteiger charge is -2.08. The van der Waals surface area contributed by atoms with Crippen LogP contribution in [0.2, 0.25) is 0 Å². The van der Waals surface area contributed by atoms with Gasteiger partial charge in [0.15, 0.2) is 0 Å². The van der Waals surface area contributed by atoms with Gasteiger partial charge in [0.2, 0.25) is 0 Å². The van der Waals surface area contributed by atoms with Gasteiger partial charge in [0.1, 0.15) is 11.8 Å². The molecule has 4 heteroatoms. The molecule has 1 heterocycles. The molecule has 4 nitrogen and oxygen atoms in total. The Morgan fingerprint density at radius 3 is 2.62 bits per heavy atom. The van der Waals surface area contributed by atoms with Crippen LogP contribution < -0.4 is 10.5 Å². The van der Waals surface area contributed by atoms with E-state index in [2.05, 4.69) is 18.2 Å². The summed E-state index contributed by atoms with van der Waals surface area (Å²) in [5.74, 6) is -0.0145. The number of carboxylic acids is 1. The zero-order valence-corrected chi connectivity index (χ0v) is 11.6. The van der Waals surface area contributed by atoms with E-state index in [-0.39, 0.29) is 0 Å². The van der Waals surface area contributed by atoms with Gasteiger partial charge in [0.05, 0.1) is 6.61 Å². The summed E-state index contributed by atoms with van der Waals surface area (Å²) in [4.78, 5) is 10.8. The fourth-order valence-electron chi connectivity index (χ4n) is 2.52. The van der Waals surface area contributed by atoms with Crippen molar-refractivity contribution >= 4 is 5.97 Å². The molecular weight excluding hydrogens is 266 g/mol. The predicted molar refractivity (Wildman–Crippen MR) is 80.4 cm³/mol. The van der Waals surface area contributed by atoms with Crippen molar-refractivity contribution in [1.29, 1.82) is 0 Å². The van der Waals surface area contributed by atoms with Crippen molar-refractivity contribution < 1.29 is 14.6 Å². The molecule has 0 saturated heterocycles. The van der Waals surface area contributed by atoms with Crippen molar-refractivity contribution in [2.45, 2.75) is 18.9 Å². The summed E-state index contributed by atoms with van der Waals surface area (Å²) in [7, 11) is 0. The third-order valence-corrected chi connectivity index (χ3v) is 3.76. The number of benzene rings is 2. The second-order valence-electron chi connectivity index (χ2n) is 5.27. The number of carbonyl (C=O) groups is 1. The van der Waals surface area contributed by atoms with Crippen LogP contribution in [0.3, 0.4) is 0 Å². The van der Waals surface area contributed by atoms with Gasteiger partial charge in [-0.25, -0.2) is 0 Å². The lowest BCUT2D eigenvalue weighted by molar-refractivity contribution is -0.138. The fourth-order valence-corrected chi connectivity index (χ4v) is 2.52. The number of hydrogen-bond acceptors (Lipinski definition) is 3. The van der Waals surface area contributed by atoms with E-state index in [4.69, 9.17) is 15.6 Å². The Labute approximate surface area is 123 Å². The number of ether oxygens (including phenoxy) is 1. The van der Waals surface area contributed by atoms with Crippen molar-refractivity contribution in [2.75, 3.05) is 6.61 Å². The average molecular weight is 283 g/mol. The lowest BCUT2D eigenvalue weighted by Crippen LogP contribution is -2.32. The van der Waals surface area contributed by atoms with Crippen LogP contribution in [-0.2, 0) is 17.6 Å². The largest absolute Gasteiger partial charge is 0.493 e. The third kappa shape index (κ3) is 2.90. The van der Waals surface area contributed by atoms with Crippen LogP contribution in [0.15, 0.2) is 42.5 Å². The number of hydrogen-bond donors (Lipinski definition) is 2. The van der Waals surface area contributed by atoms with Crippen LogP contribution in [0, 0.1) is 0 Å². The van der Waals surface area contributed by atoms with E-state index in [1.807, 2.05) is 24.3 Å². The van der Waals surface area contributed by atoms with Crippen LogP contribution in [0.25, 0.3) is 11.1 Å². The molecule has 1 aliphatic heterocycles. The van der Waals surface area contributed by atoms with Gasteiger partial charge in [-0.1, -0.05) is 36.4 Å². The Bertz CT molecular complexity index is 664. The maximum atomic E-state index is 10.8. The number of nitrogens with two attached hydrogens (primary N) is 1. The normalized spacial score (nSPS) is 14.3. The standard InChI is InChI=1S/C17H17NO3/c18-15(17(19)20)9-11-1-3-12(4-2-11)14-6-5-13-7-8-21-16(13)10-14/h1-6,10,15H,7-9,18H2,(H,19,20)/t15-/m0/s1. The first-order chi connectivity index (χ1) is 10.1. The minimum absolute atomic E-state index is 0.336. The molecule has 21 heavy (non-hydrogen) atoms. The Hall–Kier alpha value is -2.33. The molecule has 0 saturated carbocycles. The van der Waals surface area contributed by atoms with Crippen molar-refractivity contribution in [3.8, 4) is 16.9 Å². The average Bonchev–Trinajstić information content (AvgIpc) is 2.95. The van der Waals surface area contributed by atoms with E-state index in [1.165, 1.54) is 5.56 Å². The third-order valence-electron chi connectivity index (χ3n) is 3.76. The number of fused-ring (bicyclic) bond motifs is 1. The summed E-state index contributed by atoms with van der Waals surface area (Å²) < 4.78 is 5.58. The highest BCUT2D eigenvalue weighted by Gasteiger charge is 2.14. The second kappa shape index (κ2) is 5.58. The van der Waals surface area contributed by atoms with Gasteiger partial charge in [-0.2, -0.15) is 0 Å². The van der Waals surface area contributed by atoms with Crippen LogP contribution in [0.1, 0.15) is 11.1 Å². The molecule has 0 fully saturated rings. The van der Waals surface area contributed by atoms with Gasteiger partial charge in [-0.3, -0.25) is 4.79 Å². The van der Waals surface area contributed by atoms with Gasteiger partial charge in [-0.05, 0) is 34.7 Å². The first-order valence-electron chi connectivity index (χ1n) is 6.97. The van der Waals surface area contributed by atoms with E-state index < -0.39 is 12.0 Å². The molecule has 2 aromatic rings. The van der Waals surface area contributed by atoms with Gasteiger partial charge >= 0.3 is 5.97 Å². The monoisotopic (exact) mass is 283 g/mol. The minimum atomic E-state index is -0.977. The Kier molecular flexibility index (Phi) is 3.62. The lowest BCUT2D eigenvalue weighted by atomic mass is 9.99. The molecule has 0 aliphatic carbocycles. The SMILES string of the molecule is N[C@@H](Cc1ccc(-c2ccc3c(c2)OCC3)cc1)C(=O)O. The molecule has 3 rings (SSSR count). The van der Waals surface area contributed by atoms with Crippen LogP contribution in [0.5, 0.6) is 5.75 Å². The zero-order chi connectivity index (χ0) is 14.8. The highest BCUT2D eigenvalue weighted by Crippen LogP contribution is 2.31. The second-order valence-corrected chi connectivity index (χ2v) is 5.27. The number of rotatable bonds is 4. The molecule has 2 aromatic carbocycles. The molecule has 0 radical (unpaired) electrons. The maximum absolute atomic E-state index is 10.8. The highest BCUT2D eigenvalue weighted by molar-refractivity contribution is 5.73. The number of carboxylic acid groups (broad SMARTS) is 1. The molecule has 1 aliphatic rings. The molecule has 0 aromatic heterocycles. The Balaban J connectivity index is 1.79. The molecule has 3 N–H and O–H groups in total. The van der Waals surface area contributed by atoms with Crippen LogP contribution in [0.4, 0.5) is 0 Å². The van der Waals surface area contributed by atoms with Crippen molar-refractivity contribution in [1.82, 2.24) is 0 Å². The molecule has 0 bridgehead atoms. The van der Waals surface area contributed by atoms with Crippen molar-refractivity contribution in [2.24, 2.45) is 5.73 Å². The summed E-state index contributed by atoms with van der Waals surface area (Å²) >= 11 is 0. The van der Waals surface area contributed by atoms with Crippen LogP contribution >= 0.6 is 0 Å². The van der Waals surface area contributed by atoms with Gasteiger partial charge in [-0.15, -0.1) is 0 Å². The summed E-state index contributed by atoms with van der Waals surface area (Å²) in [6.45, 7) is 0.755. The highest BCUT2D eigenvalue weighted by atomic mass is 16.5. The summed E-state index contributed by atoms with van der Waals surface area (Å²) in [5, 5.41) is 8.83. The van der Waals surface area contributed by atoms with Crippen LogP contribution in [-0.4, -0.2) is 23.7 Å². The topological polar surface area (TPSA) is 72.5 Å². The molecule has 0 amide bonds. The van der Waals surface area contributed by atoms with Gasteiger partial charge < -0.3 is 15.6 Å². The van der Waals surface area contributed by atoms with E-state index in [9.17, 15) is 4.79 Å². The predicted octanol–water partition coefficient (Wildman–Crippen LogP) is 2.24. The minimum Gasteiger partial charge on any atom is -0.493 e. The molecule has 0 unspecified atom stereocenters. The first-order valence-corrected chi connectivity index (χ1v) is 6.97. The zero-order valence-electron chi connectivity index (χ0n) is 11.6. The summed E-state index contributed by atoms with van der Waals surface area (Å²) in [5.41, 5.74) is 9.90. The van der Waals surface area contributed by atoms with E-state index in [0.29, 0.717) is 6.42 Å². The van der Waals surface area contributed by atoms with Crippen molar-refractivity contribution in [3.05, 3.63) is 53.6 Å². The van der Waals surface area contributed by atoms with Gasteiger partial charge in [0, 0.05) is 6.42 Å². The smallest absolute Gasteiger partial charge is 0.320 e. The maximum Gasteiger partial charge on any atom is 0.320 e. The van der Waals surface area contributed by atoms with E-state index in [1.54, 1.807) is 0 Å². The van der Waals surface area contributed by atoms with Gasteiger partial charge in [0.25, 0.3) is 0 Å². The first kappa shape index (κ1) is 13.6. The molecule has 1 atom stereocenters. The molecule has 0 spiro atoms. The van der Waals surface area contributed by atoms with Crippen molar-refractivity contribution in [3.63, 3.8) is 0 Å². The Morgan fingerprint density at radius 1 is 1.19 bits per heavy atom. The Morgan fingerprint density at radius 2 is 1.90 bits per heavy atom. The van der Waals surface area contributed by atoms with E-state index in [0.717, 1.165) is 35.5 Å². The molecular formula is C17H17NO3. The summed E-state index contributed by atoms with van der Waals surface area (Å²) in [6.07, 6.45) is 1.31.